The van der Waals surface area contributed by atoms with E-state index in [1.807, 2.05) is 12.1 Å². The molecular formula is C17H16O4. The number of hydrogen-bond acceptors (Lipinski definition) is 3. The normalized spacial score (nSPS) is 17.0. The summed E-state index contributed by atoms with van der Waals surface area (Å²) in [5.41, 5.74) is 2.66. The molecule has 1 heterocycles. The molecule has 108 valence electrons. The molecule has 0 bridgehead atoms. The topological polar surface area (TPSA) is 55.8 Å². The molecule has 2 aromatic rings. The van der Waals surface area contributed by atoms with Gasteiger partial charge in [-0.05, 0) is 35.7 Å². The third-order valence-corrected chi connectivity index (χ3v) is 3.57. The standard InChI is InChI=1S/C17H16O4/c18-17(19)13-5-3-6-14(10-13)21-11-16-15-7-2-1-4-12(15)8-9-20-16/h1-7,10,16H,8-9,11H2,(H,18,19). The highest BCUT2D eigenvalue weighted by Gasteiger charge is 2.21. The lowest BCUT2D eigenvalue weighted by molar-refractivity contribution is 0.0102. The van der Waals surface area contributed by atoms with E-state index in [0.717, 1.165) is 12.0 Å². The van der Waals surface area contributed by atoms with Gasteiger partial charge in [-0.2, -0.15) is 0 Å². The Morgan fingerprint density at radius 2 is 2.10 bits per heavy atom. The third-order valence-electron chi connectivity index (χ3n) is 3.57. The van der Waals surface area contributed by atoms with Crippen LogP contribution in [-0.2, 0) is 11.2 Å². The Kier molecular flexibility index (Phi) is 3.88. The van der Waals surface area contributed by atoms with Crippen molar-refractivity contribution in [3.63, 3.8) is 0 Å². The van der Waals surface area contributed by atoms with Gasteiger partial charge in [0, 0.05) is 0 Å². The molecule has 0 saturated carbocycles. The Labute approximate surface area is 122 Å². The van der Waals surface area contributed by atoms with Crippen LogP contribution in [0.5, 0.6) is 5.75 Å². The summed E-state index contributed by atoms with van der Waals surface area (Å²) in [6.07, 6.45) is 0.810. The van der Waals surface area contributed by atoms with Crippen molar-refractivity contribution in [1.82, 2.24) is 0 Å². The Hall–Kier alpha value is -2.33. The number of rotatable bonds is 4. The summed E-state index contributed by atoms with van der Waals surface area (Å²) >= 11 is 0. The van der Waals surface area contributed by atoms with Crippen LogP contribution >= 0.6 is 0 Å². The van der Waals surface area contributed by atoms with Crippen LogP contribution in [0.3, 0.4) is 0 Å². The summed E-state index contributed by atoms with van der Waals surface area (Å²) < 4.78 is 11.5. The van der Waals surface area contributed by atoms with Crippen LogP contribution < -0.4 is 4.74 Å². The number of hydrogen-bond donors (Lipinski definition) is 1. The van der Waals surface area contributed by atoms with E-state index in [1.54, 1.807) is 18.2 Å². The number of carboxylic acid groups (broad SMARTS) is 1. The van der Waals surface area contributed by atoms with Crippen LogP contribution in [0.4, 0.5) is 0 Å². The maximum Gasteiger partial charge on any atom is 0.335 e. The first-order valence-corrected chi connectivity index (χ1v) is 6.89. The van der Waals surface area contributed by atoms with Crippen LogP contribution in [0, 0.1) is 0 Å². The van der Waals surface area contributed by atoms with E-state index < -0.39 is 5.97 Å². The highest BCUT2D eigenvalue weighted by molar-refractivity contribution is 5.87. The first-order valence-electron chi connectivity index (χ1n) is 6.89. The molecule has 2 aromatic carbocycles. The molecule has 0 amide bonds. The van der Waals surface area contributed by atoms with Crippen molar-refractivity contribution in [2.24, 2.45) is 0 Å². The first kappa shape index (κ1) is 13.6. The van der Waals surface area contributed by atoms with Gasteiger partial charge in [-0.25, -0.2) is 4.79 Å². The smallest absolute Gasteiger partial charge is 0.335 e. The second-order valence-electron chi connectivity index (χ2n) is 4.95. The summed E-state index contributed by atoms with van der Waals surface area (Å²) in [5, 5.41) is 8.98. The average molecular weight is 284 g/mol. The van der Waals surface area contributed by atoms with Crippen LogP contribution in [-0.4, -0.2) is 24.3 Å². The summed E-state index contributed by atoms with van der Waals surface area (Å²) in [4.78, 5) is 10.9. The van der Waals surface area contributed by atoms with Gasteiger partial charge in [0.15, 0.2) is 0 Å². The van der Waals surface area contributed by atoms with Crippen molar-refractivity contribution in [3.8, 4) is 5.75 Å². The van der Waals surface area contributed by atoms with Crippen molar-refractivity contribution in [1.29, 1.82) is 0 Å². The van der Waals surface area contributed by atoms with E-state index in [1.165, 1.54) is 11.6 Å². The first-order chi connectivity index (χ1) is 10.2. The Morgan fingerprint density at radius 1 is 1.24 bits per heavy atom. The maximum absolute atomic E-state index is 10.9. The maximum atomic E-state index is 10.9. The van der Waals surface area contributed by atoms with Gasteiger partial charge in [0.05, 0.1) is 12.2 Å². The van der Waals surface area contributed by atoms with Gasteiger partial charge in [0.2, 0.25) is 0 Å². The quantitative estimate of drug-likeness (QED) is 0.937. The minimum absolute atomic E-state index is 0.108. The molecule has 0 spiro atoms. The molecule has 3 rings (SSSR count). The predicted octanol–water partition coefficient (Wildman–Crippen LogP) is 3.08. The highest BCUT2D eigenvalue weighted by Crippen LogP contribution is 2.27. The van der Waals surface area contributed by atoms with E-state index in [4.69, 9.17) is 14.6 Å². The second kappa shape index (κ2) is 5.97. The fourth-order valence-electron chi connectivity index (χ4n) is 2.51. The molecule has 1 aliphatic heterocycles. The van der Waals surface area contributed by atoms with E-state index in [2.05, 4.69) is 12.1 Å². The number of carbonyl (C=O) groups is 1. The molecule has 0 aromatic heterocycles. The fourth-order valence-corrected chi connectivity index (χ4v) is 2.51. The molecule has 0 saturated heterocycles. The zero-order valence-corrected chi connectivity index (χ0v) is 11.5. The Morgan fingerprint density at radius 3 is 2.95 bits per heavy atom. The minimum Gasteiger partial charge on any atom is -0.490 e. The van der Waals surface area contributed by atoms with E-state index in [9.17, 15) is 4.79 Å². The number of fused-ring (bicyclic) bond motifs is 1. The Bertz CT molecular complexity index is 651. The predicted molar refractivity (Wildman–Crippen MR) is 77.7 cm³/mol. The zero-order valence-electron chi connectivity index (χ0n) is 11.5. The SMILES string of the molecule is O=C(O)c1cccc(OCC2OCCc3ccccc32)c1. The van der Waals surface area contributed by atoms with Gasteiger partial charge < -0.3 is 14.6 Å². The van der Waals surface area contributed by atoms with Gasteiger partial charge in [0.1, 0.15) is 18.5 Å². The van der Waals surface area contributed by atoms with Gasteiger partial charge in [-0.15, -0.1) is 0 Å². The number of benzene rings is 2. The molecule has 1 unspecified atom stereocenters. The van der Waals surface area contributed by atoms with E-state index in [-0.39, 0.29) is 11.7 Å². The molecular weight excluding hydrogens is 268 g/mol. The zero-order chi connectivity index (χ0) is 14.7. The van der Waals surface area contributed by atoms with Crippen LogP contribution in [0.15, 0.2) is 48.5 Å². The van der Waals surface area contributed by atoms with E-state index >= 15 is 0 Å². The van der Waals surface area contributed by atoms with Gasteiger partial charge in [-0.1, -0.05) is 30.3 Å². The van der Waals surface area contributed by atoms with Crippen LogP contribution in [0.1, 0.15) is 27.6 Å². The van der Waals surface area contributed by atoms with Crippen molar-refractivity contribution in [2.75, 3.05) is 13.2 Å². The molecule has 21 heavy (non-hydrogen) atoms. The molecule has 4 heteroatoms. The number of aromatic carboxylic acids is 1. The lowest BCUT2D eigenvalue weighted by Gasteiger charge is -2.26. The molecule has 0 radical (unpaired) electrons. The van der Waals surface area contributed by atoms with Crippen molar-refractivity contribution in [2.45, 2.75) is 12.5 Å². The second-order valence-corrected chi connectivity index (χ2v) is 4.95. The molecule has 1 N–H and O–H groups in total. The fraction of sp³-hybridized carbons (Fsp3) is 0.235. The van der Waals surface area contributed by atoms with E-state index in [0.29, 0.717) is 19.0 Å². The molecule has 0 fully saturated rings. The summed E-state index contributed by atoms with van der Waals surface area (Å²) in [7, 11) is 0. The van der Waals surface area contributed by atoms with Gasteiger partial charge in [-0.3, -0.25) is 0 Å². The van der Waals surface area contributed by atoms with Crippen LogP contribution in [0.2, 0.25) is 0 Å². The molecule has 4 nitrogen and oxygen atoms in total. The van der Waals surface area contributed by atoms with Crippen LogP contribution in [0.25, 0.3) is 0 Å². The summed E-state index contributed by atoms with van der Waals surface area (Å²) in [6, 6.07) is 14.7. The Balaban J connectivity index is 1.71. The summed E-state index contributed by atoms with van der Waals surface area (Å²) in [6.45, 7) is 1.06. The lowest BCUT2D eigenvalue weighted by Crippen LogP contribution is -2.21. The third kappa shape index (κ3) is 3.06. The minimum atomic E-state index is -0.959. The molecule has 1 aliphatic rings. The van der Waals surface area contributed by atoms with Gasteiger partial charge >= 0.3 is 5.97 Å². The molecule has 0 aliphatic carbocycles. The van der Waals surface area contributed by atoms with Crippen molar-refractivity contribution >= 4 is 5.97 Å². The van der Waals surface area contributed by atoms with Gasteiger partial charge in [0.25, 0.3) is 0 Å². The monoisotopic (exact) mass is 284 g/mol. The number of carboxylic acids is 1. The van der Waals surface area contributed by atoms with Crippen molar-refractivity contribution in [3.05, 3.63) is 65.2 Å². The summed E-state index contributed by atoms with van der Waals surface area (Å²) in [5.74, 6) is -0.415. The van der Waals surface area contributed by atoms with Crippen molar-refractivity contribution < 1.29 is 19.4 Å². The average Bonchev–Trinajstić information content (AvgIpc) is 2.53. The lowest BCUT2D eigenvalue weighted by atomic mass is 9.98. The molecule has 1 atom stereocenters. The number of ether oxygens (including phenoxy) is 2. The largest absolute Gasteiger partial charge is 0.490 e. The highest BCUT2D eigenvalue weighted by atomic mass is 16.5.